The summed E-state index contributed by atoms with van der Waals surface area (Å²) in [7, 11) is 0. The second-order valence-electron chi connectivity index (χ2n) is 2.94. The van der Waals surface area contributed by atoms with E-state index in [-0.39, 0.29) is 47.0 Å². The molecule has 0 aliphatic rings. The molecule has 0 amide bonds. The summed E-state index contributed by atoms with van der Waals surface area (Å²) in [6.07, 6.45) is 13.5. The number of allylic oxidation sites excluding steroid dienone is 2. The maximum Gasteiger partial charge on any atom is 2.00 e. The third-order valence-corrected chi connectivity index (χ3v) is 1.77. The van der Waals surface area contributed by atoms with Gasteiger partial charge in [-0.25, -0.2) is 0 Å². The van der Waals surface area contributed by atoms with Gasteiger partial charge in [-0.2, -0.15) is 6.42 Å². The predicted octanol–water partition coefficient (Wildman–Crippen LogP) is 0.750. The van der Waals surface area contributed by atoms with Crippen molar-refractivity contribution in [1.82, 2.24) is 0 Å². The number of halogens is 1. The summed E-state index contributed by atoms with van der Waals surface area (Å²) in [6.45, 7) is 6.00. The molecule has 0 N–H and O–H groups in total. The molecule has 0 aliphatic heterocycles. The Morgan fingerprint density at radius 1 is 1.00 bits per heavy atom. The third-order valence-electron chi connectivity index (χ3n) is 1.77. The fourth-order valence-corrected chi connectivity index (χ4v) is 1.08. The van der Waals surface area contributed by atoms with Crippen LogP contribution in [0.5, 0.6) is 0 Å². The van der Waals surface area contributed by atoms with Crippen molar-refractivity contribution in [3.8, 4) is 0 Å². The van der Waals surface area contributed by atoms with Crippen LogP contribution >= 0.6 is 0 Å². The molecule has 0 unspecified atom stereocenters. The summed E-state index contributed by atoms with van der Waals surface area (Å²) in [5, 5.41) is 0. The SMILES string of the molecule is [CH2-]CCCCCC/C=C/CC.[I-].[Mg+2]. The van der Waals surface area contributed by atoms with Gasteiger partial charge >= 0.3 is 23.1 Å². The van der Waals surface area contributed by atoms with Crippen molar-refractivity contribution in [3.05, 3.63) is 19.1 Å². The monoisotopic (exact) mass is 304 g/mol. The molecule has 74 valence electrons. The van der Waals surface area contributed by atoms with Crippen LogP contribution in [0.15, 0.2) is 12.2 Å². The first-order valence-electron chi connectivity index (χ1n) is 4.86. The van der Waals surface area contributed by atoms with Crippen LogP contribution in [-0.2, 0) is 0 Å². The van der Waals surface area contributed by atoms with Gasteiger partial charge in [0.05, 0.1) is 0 Å². The van der Waals surface area contributed by atoms with Crippen molar-refractivity contribution in [2.24, 2.45) is 0 Å². The van der Waals surface area contributed by atoms with Crippen LogP contribution in [-0.4, -0.2) is 23.1 Å². The molecule has 0 aromatic heterocycles. The Morgan fingerprint density at radius 2 is 1.62 bits per heavy atom. The molecule has 0 saturated heterocycles. The molecule has 13 heavy (non-hydrogen) atoms. The van der Waals surface area contributed by atoms with E-state index < -0.39 is 0 Å². The largest absolute Gasteiger partial charge is 2.00 e. The van der Waals surface area contributed by atoms with Gasteiger partial charge in [-0.05, 0) is 19.3 Å². The van der Waals surface area contributed by atoms with Crippen LogP contribution in [0.4, 0.5) is 0 Å². The number of hydrogen-bond donors (Lipinski definition) is 0. The van der Waals surface area contributed by atoms with Gasteiger partial charge in [0.1, 0.15) is 0 Å². The van der Waals surface area contributed by atoms with Gasteiger partial charge in [-0.15, -0.1) is 0 Å². The van der Waals surface area contributed by atoms with Crippen molar-refractivity contribution in [3.63, 3.8) is 0 Å². The van der Waals surface area contributed by atoms with E-state index in [9.17, 15) is 0 Å². The zero-order valence-corrected chi connectivity index (χ0v) is 12.5. The summed E-state index contributed by atoms with van der Waals surface area (Å²) in [5.74, 6) is 0. The molecular weight excluding hydrogens is 283 g/mol. The Balaban J connectivity index is -0.000000500. The average molecular weight is 304 g/mol. The fraction of sp³-hybridized carbons (Fsp3) is 0.727. The molecule has 0 aliphatic carbocycles. The summed E-state index contributed by atoms with van der Waals surface area (Å²) < 4.78 is 0. The summed E-state index contributed by atoms with van der Waals surface area (Å²) in [5.41, 5.74) is 0. The van der Waals surface area contributed by atoms with Gasteiger partial charge in [0, 0.05) is 0 Å². The molecule has 0 saturated carbocycles. The maximum absolute atomic E-state index is 3.82. The molecule has 0 spiro atoms. The molecule has 0 atom stereocenters. The first-order chi connectivity index (χ1) is 5.41. The van der Waals surface area contributed by atoms with E-state index in [0.717, 1.165) is 6.42 Å². The molecule has 2 heteroatoms. The normalized spacial score (nSPS) is 9.38. The molecular formula is C11H21IMg. The molecule has 0 fully saturated rings. The zero-order valence-electron chi connectivity index (χ0n) is 8.90. The Morgan fingerprint density at radius 3 is 2.15 bits per heavy atom. The summed E-state index contributed by atoms with van der Waals surface area (Å²) >= 11 is 0. The van der Waals surface area contributed by atoms with Crippen LogP contribution in [0.1, 0.15) is 51.9 Å². The molecule has 0 nitrogen and oxygen atoms in total. The number of hydrogen-bond acceptors (Lipinski definition) is 0. The quantitative estimate of drug-likeness (QED) is 0.214. The molecule has 0 heterocycles. The minimum absolute atomic E-state index is 0. The fourth-order valence-electron chi connectivity index (χ4n) is 1.08. The first-order valence-corrected chi connectivity index (χ1v) is 4.86. The number of rotatable bonds is 7. The van der Waals surface area contributed by atoms with Crippen LogP contribution < -0.4 is 24.0 Å². The van der Waals surface area contributed by atoms with E-state index in [4.69, 9.17) is 0 Å². The summed E-state index contributed by atoms with van der Waals surface area (Å²) in [6, 6.07) is 0. The van der Waals surface area contributed by atoms with Gasteiger partial charge in [-0.1, -0.05) is 38.3 Å². The van der Waals surface area contributed by atoms with Crippen molar-refractivity contribution >= 4 is 23.1 Å². The second kappa shape index (κ2) is 18.9. The van der Waals surface area contributed by atoms with E-state index >= 15 is 0 Å². The average Bonchev–Trinajstić information content (AvgIpc) is 2.03. The second-order valence-corrected chi connectivity index (χ2v) is 2.94. The Bertz CT molecular complexity index is 92.1. The van der Waals surface area contributed by atoms with Gasteiger partial charge < -0.3 is 30.9 Å². The molecule has 0 aromatic rings. The molecule has 0 radical (unpaired) electrons. The van der Waals surface area contributed by atoms with Crippen LogP contribution in [0.3, 0.4) is 0 Å². The first kappa shape index (κ1) is 19.8. The van der Waals surface area contributed by atoms with Crippen LogP contribution in [0.25, 0.3) is 0 Å². The van der Waals surface area contributed by atoms with Crippen molar-refractivity contribution < 1.29 is 24.0 Å². The van der Waals surface area contributed by atoms with Crippen LogP contribution in [0, 0.1) is 6.92 Å². The Hall–Kier alpha value is 1.24. The van der Waals surface area contributed by atoms with E-state index in [0.29, 0.717) is 0 Å². The van der Waals surface area contributed by atoms with E-state index in [1.165, 1.54) is 38.5 Å². The molecule has 0 aromatic carbocycles. The molecule has 0 rings (SSSR count). The number of unbranched alkanes of at least 4 members (excludes halogenated alkanes) is 5. The summed E-state index contributed by atoms with van der Waals surface area (Å²) in [4.78, 5) is 0. The van der Waals surface area contributed by atoms with Crippen LogP contribution in [0.2, 0.25) is 0 Å². The molecule has 0 bridgehead atoms. The third kappa shape index (κ3) is 19.6. The van der Waals surface area contributed by atoms with Crippen molar-refractivity contribution in [1.29, 1.82) is 0 Å². The van der Waals surface area contributed by atoms with Crippen molar-refractivity contribution in [2.75, 3.05) is 0 Å². The van der Waals surface area contributed by atoms with E-state index in [1.54, 1.807) is 0 Å². The predicted molar refractivity (Wildman–Crippen MR) is 58.2 cm³/mol. The van der Waals surface area contributed by atoms with Crippen molar-refractivity contribution in [2.45, 2.75) is 51.9 Å². The van der Waals surface area contributed by atoms with Gasteiger partial charge in [0.2, 0.25) is 0 Å². The van der Waals surface area contributed by atoms with E-state index in [1.807, 2.05) is 0 Å². The van der Waals surface area contributed by atoms with Gasteiger partial charge in [0.25, 0.3) is 0 Å². The van der Waals surface area contributed by atoms with Gasteiger partial charge in [-0.3, -0.25) is 0 Å². The minimum atomic E-state index is 0. The standard InChI is InChI=1S/C11H21.HI.Mg/c1-3-5-7-9-11-10-8-6-4-2;;/h6,8H,1,3-5,7,9-11H2,2H3;1H;/q-1;;+2/p-1/b8-6+;;. The Labute approximate surface area is 117 Å². The van der Waals surface area contributed by atoms with E-state index in [2.05, 4.69) is 26.0 Å². The topological polar surface area (TPSA) is 0 Å². The smallest absolute Gasteiger partial charge is 1.00 e. The zero-order chi connectivity index (χ0) is 8.36. The minimum Gasteiger partial charge on any atom is -1.00 e. The maximum atomic E-state index is 3.82. The Kier molecular flexibility index (Phi) is 28.7. The van der Waals surface area contributed by atoms with Gasteiger partial charge in [0.15, 0.2) is 0 Å².